The normalized spacial score (nSPS) is 11.5. The molecule has 0 fully saturated rings. The van der Waals surface area contributed by atoms with Crippen molar-refractivity contribution in [3.8, 4) is 0 Å². The number of rotatable bonds is 4. The van der Waals surface area contributed by atoms with Crippen molar-refractivity contribution in [2.45, 2.75) is 19.4 Å². The molecule has 1 aromatic rings. The summed E-state index contributed by atoms with van der Waals surface area (Å²) in [6.07, 6.45) is 0.165. The van der Waals surface area contributed by atoms with Gasteiger partial charge in [0.1, 0.15) is 0 Å². The molecule has 0 heterocycles. The van der Waals surface area contributed by atoms with Crippen molar-refractivity contribution in [3.63, 3.8) is 0 Å². The molecule has 0 bridgehead atoms. The summed E-state index contributed by atoms with van der Waals surface area (Å²) < 4.78 is 0. The number of carbonyl (C=O) groups is 1. The predicted octanol–water partition coefficient (Wildman–Crippen LogP) is 1.53. The van der Waals surface area contributed by atoms with Crippen molar-refractivity contribution in [3.05, 3.63) is 29.8 Å². The fourth-order valence-electron chi connectivity index (χ4n) is 1.38. The second kappa shape index (κ2) is 7.14. The lowest BCUT2D eigenvalue weighted by atomic mass is 10.1. The Morgan fingerprint density at radius 3 is 2.59 bits per heavy atom. The van der Waals surface area contributed by atoms with Gasteiger partial charge in [-0.1, -0.05) is 12.1 Å². The Morgan fingerprint density at radius 1 is 1.47 bits per heavy atom. The van der Waals surface area contributed by atoms with Crippen LogP contribution in [0.15, 0.2) is 24.3 Å². The Morgan fingerprint density at radius 2 is 2.06 bits per heavy atom. The molecule has 1 aromatic carbocycles. The first-order valence-electron chi connectivity index (χ1n) is 5.30. The maximum Gasteiger partial charge on any atom is 0.255 e. The van der Waals surface area contributed by atoms with Crippen molar-refractivity contribution in [2.75, 3.05) is 19.3 Å². The van der Waals surface area contributed by atoms with Gasteiger partial charge in [-0.3, -0.25) is 4.79 Å². The molecule has 1 rings (SSSR count). The molecule has 5 heteroatoms. The van der Waals surface area contributed by atoms with Gasteiger partial charge in [-0.15, -0.1) is 12.4 Å². The van der Waals surface area contributed by atoms with E-state index in [1.807, 2.05) is 0 Å². The third-order valence-corrected chi connectivity index (χ3v) is 2.42. The average molecular weight is 259 g/mol. The number of hydrogen-bond acceptors (Lipinski definition) is 3. The Hall–Kier alpha value is -1.26. The van der Waals surface area contributed by atoms with Crippen LogP contribution in [0, 0.1) is 0 Å². The van der Waals surface area contributed by atoms with Gasteiger partial charge in [0.25, 0.3) is 5.91 Å². The molecule has 1 amide bonds. The zero-order valence-electron chi connectivity index (χ0n) is 10.1. The van der Waals surface area contributed by atoms with Gasteiger partial charge in [-0.25, -0.2) is 0 Å². The maximum atomic E-state index is 11.9. The minimum Gasteiger partial charge on any atom is -0.398 e. The van der Waals surface area contributed by atoms with Gasteiger partial charge >= 0.3 is 0 Å². The molecular weight excluding hydrogens is 240 g/mol. The van der Waals surface area contributed by atoms with E-state index in [0.29, 0.717) is 24.2 Å². The van der Waals surface area contributed by atoms with Gasteiger partial charge in [0.05, 0.1) is 11.7 Å². The smallest absolute Gasteiger partial charge is 0.255 e. The topological polar surface area (TPSA) is 66.6 Å². The van der Waals surface area contributed by atoms with E-state index in [1.54, 1.807) is 43.1 Å². The van der Waals surface area contributed by atoms with Crippen LogP contribution in [0.2, 0.25) is 0 Å². The number of para-hydroxylation sites is 1. The lowest BCUT2D eigenvalue weighted by Gasteiger charge is -2.18. The number of aliphatic hydroxyl groups excluding tert-OH is 1. The number of halogens is 1. The van der Waals surface area contributed by atoms with Crippen molar-refractivity contribution >= 4 is 24.0 Å². The zero-order chi connectivity index (χ0) is 12.1. The van der Waals surface area contributed by atoms with Crippen molar-refractivity contribution in [2.24, 2.45) is 0 Å². The number of carbonyl (C=O) groups excluding carboxylic acids is 1. The summed E-state index contributed by atoms with van der Waals surface area (Å²) >= 11 is 0. The van der Waals surface area contributed by atoms with Crippen molar-refractivity contribution in [1.82, 2.24) is 4.90 Å². The quantitative estimate of drug-likeness (QED) is 0.805. The molecule has 1 unspecified atom stereocenters. The highest BCUT2D eigenvalue weighted by Crippen LogP contribution is 2.12. The highest BCUT2D eigenvalue weighted by Gasteiger charge is 2.14. The molecule has 0 radical (unpaired) electrons. The van der Waals surface area contributed by atoms with Crippen molar-refractivity contribution < 1.29 is 9.90 Å². The maximum absolute atomic E-state index is 11.9. The Labute approximate surface area is 108 Å². The average Bonchev–Trinajstić information content (AvgIpc) is 2.25. The number of nitrogens with zero attached hydrogens (tertiary/aromatic N) is 1. The van der Waals surface area contributed by atoms with Crippen molar-refractivity contribution in [1.29, 1.82) is 0 Å². The number of anilines is 1. The minimum atomic E-state index is -0.400. The highest BCUT2D eigenvalue weighted by atomic mass is 35.5. The standard InChI is InChI=1S/C12H18N2O2.ClH/c1-9(15)7-8-14(2)12(16)10-5-3-4-6-11(10)13;/h3-6,9,15H,7-8,13H2,1-2H3;1H. The van der Waals surface area contributed by atoms with Crippen LogP contribution in [-0.4, -0.2) is 35.6 Å². The van der Waals surface area contributed by atoms with Gasteiger partial charge in [0, 0.05) is 19.3 Å². The van der Waals surface area contributed by atoms with Gasteiger partial charge in [0.15, 0.2) is 0 Å². The summed E-state index contributed by atoms with van der Waals surface area (Å²) in [5.41, 5.74) is 6.71. The second-order valence-electron chi connectivity index (χ2n) is 3.95. The number of nitrogens with two attached hydrogens (primary N) is 1. The van der Waals surface area contributed by atoms with Crippen LogP contribution < -0.4 is 5.73 Å². The lowest BCUT2D eigenvalue weighted by Crippen LogP contribution is -2.29. The van der Waals surface area contributed by atoms with Gasteiger partial charge in [-0.2, -0.15) is 0 Å². The van der Waals surface area contributed by atoms with Crippen LogP contribution in [-0.2, 0) is 0 Å². The second-order valence-corrected chi connectivity index (χ2v) is 3.95. The summed E-state index contributed by atoms with van der Waals surface area (Å²) in [5.74, 6) is -0.112. The van der Waals surface area contributed by atoms with Crippen LogP contribution in [0.4, 0.5) is 5.69 Å². The summed E-state index contributed by atoms with van der Waals surface area (Å²) in [6.45, 7) is 2.22. The molecule has 0 saturated heterocycles. The van der Waals surface area contributed by atoms with E-state index in [1.165, 1.54) is 0 Å². The lowest BCUT2D eigenvalue weighted by molar-refractivity contribution is 0.0770. The van der Waals surface area contributed by atoms with E-state index >= 15 is 0 Å². The van der Waals surface area contributed by atoms with Gasteiger partial charge in [0.2, 0.25) is 0 Å². The summed E-state index contributed by atoms with van der Waals surface area (Å²) in [4.78, 5) is 13.5. The van der Waals surface area contributed by atoms with Gasteiger partial charge < -0.3 is 15.7 Å². The molecule has 0 aliphatic heterocycles. The number of amides is 1. The summed E-state index contributed by atoms with van der Waals surface area (Å²) in [5, 5.41) is 9.15. The summed E-state index contributed by atoms with van der Waals surface area (Å²) in [7, 11) is 1.71. The van der Waals surface area contributed by atoms with Crippen LogP contribution in [0.1, 0.15) is 23.7 Å². The molecule has 3 N–H and O–H groups in total. The highest BCUT2D eigenvalue weighted by molar-refractivity contribution is 5.98. The first-order valence-corrected chi connectivity index (χ1v) is 5.30. The molecule has 0 aromatic heterocycles. The largest absolute Gasteiger partial charge is 0.398 e. The number of benzene rings is 1. The number of nitrogen functional groups attached to an aromatic ring is 1. The molecule has 17 heavy (non-hydrogen) atoms. The van der Waals surface area contributed by atoms with E-state index in [0.717, 1.165) is 0 Å². The molecule has 0 saturated carbocycles. The first kappa shape index (κ1) is 15.7. The third kappa shape index (κ3) is 4.63. The molecule has 1 atom stereocenters. The van der Waals surface area contributed by atoms with E-state index < -0.39 is 6.10 Å². The number of aliphatic hydroxyl groups is 1. The molecule has 0 aliphatic rings. The van der Waals surface area contributed by atoms with E-state index in [2.05, 4.69) is 0 Å². The van der Waals surface area contributed by atoms with Crippen LogP contribution >= 0.6 is 12.4 Å². The third-order valence-electron chi connectivity index (χ3n) is 2.42. The fourth-order valence-corrected chi connectivity index (χ4v) is 1.38. The Bertz CT molecular complexity index is 369. The van der Waals surface area contributed by atoms with Gasteiger partial charge in [-0.05, 0) is 25.5 Å². The minimum absolute atomic E-state index is 0. The van der Waals surface area contributed by atoms with Crippen LogP contribution in [0.25, 0.3) is 0 Å². The van der Waals surface area contributed by atoms with Crippen LogP contribution in [0.3, 0.4) is 0 Å². The van der Waals surface area contributed by atoms with E-state index in [4.69, 9.17) is 10.8 Å². The molecule has 96 valence electrons. The van der Waals surface area contributed by atoms with Crippen LogP contribution in [0.5, 0.6) is 0 Å². The molecule has 0 aliphatic carbocycles. The Balaban J connectivity index is 0.00000256. The zero-order valence-corrected chi connectivity index (χ0v) is 10.9. The SMILES string of the molecule is CC(O)CCN(C)C(=O)c1ccccc1N.Cl. The first-order chi connectivity index (χ1) is 7.52. The Kier molecular flexibility index (Phi) is 6.61. The molecule has 4 nitrogen and oxygen atoms in total. The summed E-state index contributed by atoms with van der Waals surface area (Å²) in [6, 6.07) is 6.99. The predicted molar refractivity (Wildman–Crippen MR) is 71.4 cm³/mol. The monoisotopic (exact) mass is 258 g/mol. The van der Waals surface area contributed by atoms with E-state index in [-0.39, 0.29) is 18.3 Å². The number of hydrogen-bond donors (Lipinski definition) is 2. The molecule has 0 spiro atoms. The molecular formula is C12H19ClN2O2. The van der Waals surface area contributed by atoms with E-state index in [9.17, 15) is 4.79 Å². The fraction of sp³-hybridized carbons (Fsp3) is 0.417.